The van der Waals surface area contributed by atoms with Gasteiger partial charge in [-0.05, 0) is 19.3 Å². The van der Waals surface area contributed by atoms with E-state index in [1.54, 1.807) is 11.3 Å². The minimum atomic E-state index is 0.199. The lowest BCUT2D eigenvalue weighted by atomic mass is 10.1. The highest BCUT2D eigenvalue weighted by molar-refractivity contribution is 8.14. The molecule has 3 rings (SSSR count). The number of hydrogen-bond acceptors (Lipinski definition) is 4. The van der Waals surface area contributed by atoms with Gasteiger partial charge in [0.1, 0.15) is 0 Å². The molecule has 0 spiro atoms. The minimum Gasteiger partial charge on any atom is -0.282 e. The van der Waals surface area contributed by atoms with Gasteiger partial charge in [-0.15, -0.1) is 11.3 Å². The zero-order chi connectivity index (χ0) is 13.1. The fourth-order valence-electron chi connectivity index (χ4n) is 2.50. The first-order valence-corrected chi connectivity index (χ1v) is 8.24. The van der Waals surface area contributed by atoms with Crippen LogP contribution in [0.1, 0.15) is 40.5 Å². The molecule has 1 saturated carbocycles. The number of nitrogens with zero attached hydrogens (tertiary/aromatic N) is 1. The third-order valence-electron chi connectivity index (χ3n) is 3.47. The summed E-state index contributed by atoms with van der Waals surface area (Å²) in [4.78, 5) is 16.5. The van der Waals surface area contributed by atoms with E-state index in [-0.39, 0.29) is 5.12 Å². The van der Waals surface area contributed by atoms with Crippen molar-refractivity contribution >= 4 is 28.2 Å². The van der Waals surface area contributed by atoms with E-state index in [1.807, 2.05) is 41.9 Å². The van der Waals surface area contributed by atoms with Crippen molar-refractivity contribution in [3.8, 4) is 0 Å². The van der Waals surface area contributed by atoms with E-state index in [2.05, 4.69) is 4.98 Å². The molecule has 4 heteroatoms. The average Bonchev–Trinajstić information content (AvgIpc) is 3.10. The third kappa shape index (κ3) is 3.07. The predicted octanol–water partition coefficient (Wildman–Crippen LogP) is 4.35. The van der Waals surface area contributed by atoms with E-state index >= 15 is 0 Å². The number of carbonyl (C=O) groups is 1. The van der Waals surface area contributed by atoms with Crippen LogP contribution in [0.4, 0.5) is 0 Å². The summed E-state index contributed by atoms with van der Waals surface area (Å²) in [5.41, 5.74) is 0.810. The van der Waals surface area contributed by atoms with Gasteiger partial charge in [0.25, 0.3) is 0 Å². The van der Waals surface area contributed by atoms with Gasteiger partial charge in [-0.2, -0.15) is 0 Å². The maximum atomic E-state index is 12.1. The summed E-state index contributed by atoms with van der Waals surface area (Å²) in [6.45, 7) is 0. The Morgan fingerprint density at radius 3 is 2.84 bits per heavy atom. The first-order chi connectivity index (χ1) is 9.33. The molecule has 1 aromatic carbocycles. The highest BCUT2D eigenvalue weighted by atomic mass is 32.2. The summed E-state index contributed by atoms with van der Waals surface area (Å²) in [7, 11) is 0. The van der Waals surface area contributed by atoms with Crippen LogP contribution in [0.5, 0.6) is 0 Å². The number of thioether (sulfide) groups is 1. The maximum absolute atomic E-state index is 12.1. The van der Waals surface area contributed by atoms with Gasteiger partial charge in [-0.25, -0.2) is 4.98 Å². The molecule has 1 fully saturated rings. The topological polar surface area (TPSA) is 30.0 Å². The molecule has 0 amide bonds. The summed E-state index contributed by atoms with van der Waals surface area (Å²) in [5, 5.41) is 3.91. The number of benzene rings is 1. The van der Waals surface area contributed by atoms with Gasteiger partial charge >= 0.3 is 0 Å². The summed E-state index contributed by atoms with van der Waals surface area (Å²) in [5.74, 6) is 0.557. The van der Waals surface area contributed by atoms with Gasteiger partial charge in [-0.3, -0.25) is 4.79 Å². The zero-order valence-corrected chi connectivity index (χ0v) is 12.1. The number of hydrogen-bond donors (Lipinski definition) is 0. The average molecular weight is 289 g/mol. The predicted molar refractivity (Wildman–Crippen MR) is 80.9 cm³/mol. The van der Waals surface area contributed by atoms with E-state index in [0.29, 0.717) is 11.2 Å². The summed E-state index contributed by atoms with van der Waals surface area (Å²) >= 11 is 3.23. The van der Waals surface area contributed by atoms with E-state index < -0.39 is 0 Å². The van der Waals surface area contributed by atoms with Gasteiger partial charge in [0.15, 0.2) is 0 Å². The Kier molecular flexibility index (Phi) is 3.99. The van der Waals surface area contributed by atoms with E-state index in [0.717, 1.165) is 24.8 Å². The van der Waals surface area contributed by atoms with Gasteiger partial charge < -0.3 is 0 Å². The molecule has 1 aliphatic rings. The summed E-state index contributed by atoms with van der Waals surface area (Å²) in [6.07, 6.45) is 5.23. The molecule has 2 atom stereocenters. The molecule has 2 nitrogen and oxygen atoms in total. The van der Waals surface area contributed by atoms with Crippen LogP contribution in [0, 0.1) is 0 Å². The van der Waals surface area contributed by atoms with Crippen LogP contribution in [0.25, 0.3) is 0 Å². The first-order valence-electron chi connectivity index (χ1n) is 6.48. The maximum Gasteiger partial charge on any atom is 0.219 e. The molecule has 1 aliphatic carbocycles. The molecule has 2 aromatic rings. The molecule has 1 heterocycles. The fraction of sp³-hybridized carbons (Fsp3) is 0.333. The van der Waals surface area contributed by atoms with Gasteiger partial charge in [0.05, 0.1) is 5.01 Å². The highest BCUT2D eigenvalue weighted by Crippen LogP contribution is 2.41. The van der Waals surface area contributed by atoms with Crippen molar-refractivity contribution in [2.45, 2.75) is 30.4 Å². The summed E-state index contributed by atoms with van der Waals surface area (Å²) in [6, 6.07) is 9.56. The molecule has 1 aromatic heterocycles. The van der Waals surface area contributed by atoms with Crippen molar-refractivity contribution in [2.75, 3.05) is 0 Å². The Labute approximate surface area is 121 Å². The number of carbonyl (C=O) groups excluding carboxylic acids is 1. The molecule has 0 saturated heterocycles. The molecule has 0 radical (unpaired) electrons. The van der Waals surface area contributed by atoms with Crippen LogP contribution in [0.3, 0.4) is 0 Å². The van der Waals surface area contributed by atoms with Crippen molar-refractivity contribution in [2.24, 2.45) is 0 Å². The lowest BCUT2D eigenvalue weighted by Crippen LogP contribution is -2.03. The smallest absolute Gasteiger partial charge is 0.219 e. The second-order valence-corrected chi connectivity index (χ2v) is 6.97. The van der Waals surface area contributed by atoms with E-state index in [1.165, 1.54) is 16.8 Å². The van der Waals surface area contributed by atoms with Gasteiger partial charge in [-0.1, -0.05) is 42.1 Å². The van der Waals surface area contributed by atoms with Crippen LogP contribution in [0.15, 0.2) is 41.9 Å². The SMILES string of the molecule is O=C(S[C@H]1CCC(c2nccs2)C1)c1ccccc1. The largest absolute Gasteiger partial charge is 0.282 e. The highest BCUT2D eigenvalue weighted by Gasteiger charge is 2.29. The number of thiazole rings is 1. The Morgan fingerprint density at radius 1 is 1.26 bits per heavy atom. The van der Waals surface area contributed by atoms with Crippen molar-refractivity contribution in [3.05, 3.63) is 52.5 Å². The van der Waals surface area contributed by atoms with E-state index in [4.69, 9.17) is 0 Å². The molecule has 0 aliphatic heterocycles. The third-order valence-corrected chi connectivity index (χ3v) is 5.62. The second-order valence-electron chi connectivity index (χ2n) is 4.77. The lowest BCUT2D eigenvalue weighted by molar-refractivity contribution is 0.108. The standard InChI is InChI=1S/C15H15NOS2/c17-15(11-4-2-1-3-5-11)19-13-7-6-12(10-13)14-16-8-9-18-14/h1-5,8-9,12-13H,6-7,10H2/t12?,13-/m0/s1. The second kappa shape index (κ2) is 5.88. The van der Waals surface area contributed by atoms with Crippen molar-refractivity contribution in [1.82, 2.24) is 4.98 Å². The quantitative estimate of drug-likeness (QED) is 0.841. The minimum absolute atomic E-state index is 0.199. The normalized spacial score (nSPS) is 22.5. The number of rotatable bonds is 3. The molecule has 0 N–H and O–H groups in total. The Morgan fingerprint density at radius 2 is 2.11 bits per heavy atom. The fourth-order valence-corrected chi connectivity index (χ4v) is 4.45. The van der Waals surface area contributed by atoms with Crippen LogP contribution in [-0.2, 0) is 0 Å². The molecule has 98 valence electrons. The van der Waals surface area contributed by atoms with Crippen LogP contribution in [0.2, 0.25) is 0 Å². The Hall–Kier alpha value is -1.13. The zero-order valence-electron chi connectivity index (χ0n) is 10.5. The van der Waals surface area contributed by atoms with Gasteiger partial charge in [0.2, 0.25) is 5.12 Å². The molecule has 0 bridgehead atoms. The van der Waals surface area contributed by atoms with Crippen LogP contribution in [-0.4, -0.2) is 15.3 Å². The molecular weight excluding hydrogens is 274 g/mol. The van der Waals surface area contributed by atoms with Crippen LogP contribution < -0.4 is 0 Å². The Bertz CT molecular complexity index is 539. The monoisotopic (exact) mass is 289 g/mol. The number of aromatic nitrogens is 1. The van der Waals surface area contributed by atoms with E-state index in [9.17, 15) is 4.79 Å². The molecule has 19 heavy (non-hydrogen) atoms. The lowest BCUT2D eigenvalue weighted by Gasteiger charge is -2.08. The van der Waals surface area contributed by atoms with Crippen molar-refractivity contribution in [3.63, 3.8) is 0 Å². The first kappa shape index (κ1) is 12.9. The summed E-state index contributed by atoms with van der Waals surface area (Å²) < 4.78 is 0. The van der Waals surface area contributed by atoms with Crippen molar-refractivity contribution in [1.29, 1.82) is 0 Å². The molecule has 1 unspecified atom stereocenters. The molecular formula is C15H15NOS2. The Balaban J connectivity index is 1.59. The van der Waals surface area contributed by atoms with Gasteiger partial charge in [0, 0.05) is 28.3 Å². The van der Waals surface area contributed by atoms with Crippen LogP contribution >= 0.6 is 23.1 Å². The van der Waals surface area contributed by atoms with Crippen molar-refractivity contribution < 1.29 is 4.79 Å².